The van der Waals surface area contributed by atoms with Gasteiger partial charge in [-0.25, -0.2) is 0 Å². The van der Waals surface area contributed by atoms with Gasteiger partial charge in [0.1, 0.15) is 11.5 Å². The summed E-state index contributed by atoms with van der Waals surface area (Å²) in [7, 11) is 3.27. The van der Waals surface area contributed by atoms with E-state index in [1.54, 1.807) is 24.9 Å². The van der Waals surface area contributed by atoms with Crippen molar-refractivity contribution in [2.45, 2.75) is 19.1 Å². The normalized spacial score (nSPS) is 18.4. The Labute approximate surface area is 157 Å². The average molecular weight is 372 g/mol. The van der Waals surface area contributed by atoms with Crippen LogP contribution >= 0.6 is 0 Å². The summed E-state index contributed by atoms with van der Waals surface area (Å²) in [5, 5.41) is 3.31. The molecule has 3 heterocycles. The van der Waals surface area contributed by atoms with E-state index in [9.17, 15) is 4.79 Å². The van der Waals surface area contributed by atoms with Crippen molar-refractivity contribution in [2.24, 2.45) is 0 Å². The summed E-state index contributed by atoms with van der Waals surface area (Å²) < 4.78 is 23.8. The number of pyridine rings is 1. The molecular formula is C20H24N2O5. The van der Waals surface area contributed by atoms with Crippen LogP contribution in [0.3, 0.4) is 0 Å². The number of nitrogens with one attached hydrogen (secondary N) is 1. The lowest BCUT2D eigenvalue weighted by Gasteiger charge is -2.26. The Balaban J connectivity index is 1.69. The molecule has 1 unspecified atom stereocenters. The molecule has 7 heteroatoms. The number of hydrogen-bond donors (Lipinski definition) is 1. The molecule has 2 aromatic rings. The van der Waals surface area contributed by atoms with Crippen LogP contribution in [0.25, 0.3) is 11.3 Å². The highest BCUT2D eigenvalue weighted by Crippen LogP contribution is 2.40. The predicted octanol–water partition coefficient (Wildman–Crippen LogP) is 1.92. The van der Waals surface area contributed by atoms with Crippen molar-refractivity contribution in [2.75, 3.05) is 45.9 Å². The van der Waals surface area contributed by atoms with Crippen molar-refractivity contribution in [1.29, 1.82) is 0 Å². The SMILES string of the molecule is COc1cc2c(c(OC)c1)-c1cc(NCC3COCCO3)cc(=O)n1CC2. The number of benzene rings is 1. The second-order valence-corrected chi connectivity index (χ2v) is 6.68. The van der Waals surface area contributed by atoms with Crippen LogP contribution in [0.15, 0.2) is 29.1 Å². The van der Waals surface area contributed by atoms with Gasteiger partial charge >= 0.3 is 0 Å². The number of nitrogens with zero attached hydrogens (tertiary/aromatic N) is 1. The van der Waals surface area contributed by atoms with Crippen LogP contribution in [0.5, 0.6) is 11.5 Å². The third-order valence-corrected chi connectivity index (χ3v) is 5.02. The van der Waals surface area contributed by atoms with Crippen LogP contribution in [-0.2, 0) is 22.4 Å². The number of methoxy groups -OCH3 is 2. The third-order valence-electron chi connectivity index (χ3n) is 5.02. The van der Waals surface area contributed by atoms with Gasteiger partial charge in [-0.2, -0.15) is 0 Å². The molecule has 0 amide bonds. The summed E-state index contributed by atoms with van der Waals surface area (Å²) >= 11 is 0. The van der Waals surface area contributed by atoms with Crippen LogP contribution in [0.2, 0.25) is 0 Å². The molecule has 0 bridgehead atoms. The number of fused-ring (bicyclic) bond motifs is 3. The quantitative estimate of drug-likeness (QED) is 0.865. The Hall–Kier alpha value is -2.51. The molecule has 2 aliphatic heterocycles. The van der Waals surface area contributed by atoms with Gasteiger partial charge < -0.3 is 28.8 Å². The summed E-state index contributed by atoms with van der Waals surface area (Å²) in [6, 6.07) is 7.50. The molecular weight excluding hydrogens is 348 g/mol. The Bertz CT molecular complexity index is 869. The smallest absolute Gasteiger partial charge is 0.253 e. The second kappa shape index (κ2) is 7.62. The first kappa shape index (κ1) is 17.9. The molecule has 0 saturated carbocycles. The fourth-order valence-electron chi connectivity index (χ4n) is 3.67. The molecule has 1 fully saturated rings. The maximum atomic E-state index is 12.7. The lowest BCUT2D eigenvalue weighted by molar-refractivity contribution is -0.0818. The highest BCUT2D eigenvalue weighted by molar-refractivity contribution is 5.76. The molecule has 0 aliphatic carbocycles. The molecule has 7 nitrogen and oxygen atoms in total. The fourth-order valence-corrected chi connectivity index (χ4v) is 3.67. The number of ether oxygens (including phenoxy) is 4. The van der Waals surface area contributed by atoms with Gasteiger partial charge in [0.05, 0.1) is 45.8 Å². The summed E-state index contributed by atoms with van der Waals surface area (Å²) in [5.41, 5.74) is 3.66. The van der Waals surface area contributed by atoms with Gasteiger partial charge in [0.25, 0.3) is 5.56 Å². The zero-order chi connectivity index (χ0) is 18.8. The minimum absolute atomic E-state index is 0.0105. The molecule has 1 saturated heterocycles. The van der Waals surface area contributed by atoms with Crippen molar-refractivity contribution in [3.63, 3.8) is 0 Å². The lowest BCUT2D eigenvalue weighted by atomic mass is 9.95. The number of hydrogen-bond acceptors (Lipinski definition) is 6. The molecule has 144 valence electrons. The molecule has 4 rings (SSSR count). The van der Waals surface area contributed by atoms with Crippen molar-refractivity contribution in [1.82, 2.24) is 4.57 Å². The van der Waals surface area contributed by atoms with E-state index in [-0.39, 0.29) is 11.7 Å². The van der Waals surface area contributed by atoms with Gasteiger partial charge in [-0.1, -0.05) is 0 Å². The highest BCUT2D eigenvalue weighted by Gasteiger charge is 2.23. The van der Waals surface area contributed by atoms with E-state index in [4.69, 9.17) is 18.9 Å². The van der Waals surface area contributed by atoms with E-state index in [1.807, 2.05) is 18.2 Å². The Morgan fingerprint density at radius 3 is 2.81 bits per heavy atom. The second-order valence-electron chi connectivity index (χ2n) is 6.68. The minimum Gasteiger partial charge on any atom is -0.497 e. The van der Waals surface area contributed by atoms with E-state index >= 15 is 0 Å². The molecule has 1 aromatic heterocycles. The van der Waals surface area contributed by atoms with Gasteiger partial charge in [0, 0.05) is 36.5 Å². The maximum Gasteiger partial charge on any atom is 0.253 e. The van der Waals surface area contributed by atoms with Crippen molar-refractivity contribution >= 4 is 5.69 Å². The van der Waals surface area contributed by atoms with Gasteiger partial charge in [-0.15, -0.1) is 0 Å². The Morgan fingerprint density at radius 2 is 2.07 bits per heavy atom. The van der Waals surface area contributed by atoms with Gasteiger partial charge in [-0.3, -0.25) is 4.79 Å². The zero-order valence-electron chi connectivity index (χ0n) is 15.6. The first-order chi connectivity index (χ1) is 13.2. The summed E-state index contributed by atoms with van der Waals surface area (Å²) in [6.45, 7) is 3.03. The van der Waals surface area contributed by atoms with Gasteiger partial charge in [0.15, 0.2) is 0 Å². The summed E-state index contributed by atoms with van der Waals surface area (Å²) in [4.78, 5) is 12.7. The predicted molar refractivity (Wildman–Crippen MR) is 102 cm³/mol. The summed E-state index contributed by atoms with van der Waals surface area (Å²) in [5.74, 6) is 1.46. The maximum absolute atomic E-state index is 12.7. The molecule has 1 N–H and O–H groups in total. The van der Waals surface area contributed by atoms with Crippen molar-refractivity contribution in [3.8, 4) is 22.8 Å². The molecule has 1 aromatic carbocycles. The van der Waals surface area contributed by atoms with Crippen LogP contribution < -0.4 is 20.3 Å². The summed E-state index contributed by atoms with van der Waals surface area (Å²) in [6.07, 6.45) is 0.749. The number of rotatable bonds is 5. The number of aromatic nitrogens is 1. The Morgan fingerprint density at radius 1 is 1.19 bits per heavy atom. The monoisotopic (exact) mass is 372 g/mol. The minimum atomic E-state index is -0.0284. The molecule has 1 atom stereocenters. The highest BCUT2D eigenvalue weighted by atomic mass is 16.6. The van der Waals surface area contributed by atoms with E-state index < -0.39 is 0 Å². The first-order valence-electron chi connectivity index (χ1n) is 9.13. The largest absolute Gasteiger partial charge is 0.497 e. The van der Waals surface area contributed by atoms with E-state index in [1.165, 1.54) is 0 Å². The van der Waals surface area contributed by atoms with E-state index in [0.29, 0.717) is 38.7 Å². The first-order valence-corrected chi connectivity index (χ1v) is 9.13. The van der Waals surface area contributed by atoms with Crippen molar-refractivity contribution < 1.29 is 18.9 Å². The third kappa shape index (κ3) is 3.52. The average Bonchev–Trinajstić information content (AvgIpc) is 2.71. The van der Waals surface area contributed by atoms with E-state index in [0.717, 1.165) is 34.7 Å². The Kier molecular flexibility index (Phi) is 5.05. The number of anilines is 1. The topological polar surface area (TPSA) is 71.0 Å². The van der Waals surface area contributed by atoms with Crippen LogP contribution in [-0.4, -0.2) is 51.3 Å². The van der Waals surface area contributed by atoms with Gasteiger partial charge in [0.2, 0.25) is 0 Å². The van der Waals surface area contributed by atoms with Gasteiger partial charge in [-0.05, 0) is 24.1 Å². The zero-order valence-corrected chi connectivity index (χ0v) is 15.6. The van der Waals surface area contributed by atoms with Crippen LogP contribution in [0, 0.1) is 0 Å². The number of aryl methyl sites for hydroxylation is 1. The van der Waals surface area contributed by atoms with Crippen LogP contribution in [0.4, 0.5) is 5.69 Å². The standard InChI is InChI=1S/C20H24N2O5/c1-24-15-7-13-3-4-22-17(20(13)18(10-15)25-2)8-14(9-19(22)23)21-11-16-12-26-5-6-27-16/h7-10,16,21H,3-6,11-12H2,1-2H3. The molecule has 0 radical (unpaired) electrons. The van der Waals surface area contributed by atoms with Crippen molar-refractivity contribution in [3.05, 3.63) is 40.2 Å². The molecule has 2 aliphatic rings. The lowest BCUT2D eigenvalue weighted by Crippen LogP contribution is -2.34. The fraction of sp³-hybridized carbons (Fsp3) is 0.450. The van der Waals surface area contributed by atoms with E-state index in [2.05, 4.69) is 5.32 Å². The molecule has 0 spiro atoms. The molecule has 27 heavy (non-hydrogen) atoms. The van der Waals surface area contributed by atoms with Crippen LogP contribution in [0.1, 0.15) is 5.56 Å².